The second kappa shape index (κ2) is 2.86. The van der Waals surface area contributed by atoms with E-state index in [9.17, 15) is 4.39 Å². The molecule has 2 nitrogen and oxygen atoms in total. The van der Waals surface area contributed by atoms with Crippen molar-refractivity contribution in [3.8, 4) is 5.75 Å². The van der Waals surface area contributed by atoms with Gasteiger partial charge in [0.25, 0.3) is 0 Å². The fraction of sp³-hybridized carbons (Fsp3) is 0. The van der Waals surface area contributed by atoms with Gasteiger partial charge in [-0.15, -0.1) is 0 Å². The molecule has 54 valence electrons. The van der Waals surface area contributed by atoms with Gasteiger partial charge in [-0.2, -0.15) is 5.90 Å². The number of benzene rings is 1. The van der Waals surface area contributed by atoms with E-state index in [1.807, 2.05) is 0 Å². The van der Waals surface area contributed by atoms with Crippen LogP contribution >= 0.6 is 11.6 Å². The lowest BCUT2D eigenvalue weighted by Gasteiger charge is -1.99. The van der Waals surface area contributed by atoms with Crippen molar-refractivity contribution in [2.75, 3.05) is 0 Å². The van der Waals surface area contributed by atoms with Gasteiger partial charge in [0.05, 0.1) is 5.02 Å². The third-order valence-corrected chi connectivity index (χ3v) is 1.32. The molecule has 0 aromatic heterocycles. The van der Waals surface area contributed by atoms with Gasteiger partial charge < -0.3 is 4.84 Å². The van der Waals surface area contributed by atoms with Gasteiger partial charge in [0, 0.05) is 0 Å². The number of halogens is 2. The van der Waals surface area contributed by atoms with Crippen molar-refractivity contribution < 1.29 is 9.23 Å². The Bertz CT molecular complexity index is 241. The van der Waals surface area contributed by atoms with Gasteiger partial charge in [-0.3, -0.25) is 0 Å². The summed E-state index contributed by atoms with van der Waals surface area (Å²) in [6, 6.07) is 3.70. The van der Waals surface area contributed by atoms with E-state index in [4.69, 9.17) is 17.5 Å². The second-order valence-corrected chi connectivity index (χ2v) is 2.10. The monoisotopic (exact) mass is 161 g/mol. The number of hydrogen-bond acceptors (Lipinski definition) is 2. The van der Waals surface area contributed by atoms with Crippen LogP contribution in [-0.4, -0.2) is 0 Å². The van der Waals surface area contributed by atoms with Crippen LogP contribution in [0.25, 0.3) is 0 Å². The standard InChI is InChI=1S/C6H5ClFNO/c7-5-3-4(8)1-2-6(5)10-9/h1-3H,9H2. The van der Waals surface area contributed by atoms with Crippen LogP contribution in [0.3, 0.4) is 0 Å². The van der Waals surface area contributed by atoms with Crippen LogP contribution in [0.1, 0.15) is 0 Å². The van der Waals surface area contributed by atoms with E-state index in [0.717, 1.165) is 6.07 Å². The molecule has 1 aromatic rings. The lowest BCUT2D eigenvalue weighted by molar-refractivity contribution is 0.334. The fourth-order valence-electron chi connectivity index (χ4n) is 0.571. The Labute approximate surface area is 62.3 Å². The van der Waals surface area contributed by atoms with E-state index >= 15 is 0 Å². The predicted octanol–water partition coefficient (Wildman–Crippen LogP) is 1.73. The van der Waals surface area contributed by atoms with Crippen LogP contribution in [0.4, 0.5) is 4.39 Å². The van der Waals surface area contributed by atoms with E-state index in [1.165, 1.54) is 12.1 Å². The first kappa shape index (κ1) is 7.31. The molecule has 0 radical (unpaired) electrons. The molecule has 1 aromatic carbocycles. The minimum atomic E-state index is -0.411. The Morgan fingerprint density at radius 3 is 2.70 bits per heavy atom. The SMILES string of the molecule is NOc1ccc(F)cc1Cl. The topological polar surface area (TPSA) is 35.2 Å². The van der Waals surface area contributed by atoms with Gasteiger partial charge in [0.2, 0.25) is 0 Å². The molecule has 0 fully saturated rings. The van der Waals surface area contributed by atoms with Crippen LogP contribution in [0, 0.1) is 5.82 Å². The molecule has 10 heavy (non-hydrogen) atoms. The Hall–Kier alpha value is -0.800. The Morgan fingerprint density at radius 1 is 1.50 bits per heavy atom. The van der Waals surface area contributed by atoms with Crippen LogP contribution in [0.15, 0.2) is 18.2 Å². The maximum atomic E-state index is 12.3. The van der Waals surface area contributed by atoms with Crippen molar-refractivity contribution in [2.45, 2.75) is 0 Å². The summed E-state index contributed by atoms with van der Waals surface area (Å²) in [5.41, 5.74) is 0. The zero-order valence-corrected chi connectivity index (χ0v) is 5.73. The van der Waals surface area contributed by atoms with Crippen molar-refractivity contribution in [3.05, 3.63) is 29.0 Å². The van der Waals surface area contributed by atoms with Gasteiger partial charge in [0.15, 0.2) is 5.75 Å². The molecule has 0 aliphatic heterocycles. The second-order valence-electron chi connectivity index (χ2n) is 1.69. The largest absolute Gasteiger partial charge is 0.410 e. The smallest absolute Gasteiger partial charge is 0.165 e. The van der Waals surface area contributed by atoms with Gasteiger partial charge in [-0.05, 0) is 18.2 Å². The summed E-state index contributed by atoms with van der Waals surface area (Å²) in [6.07, 6.45) is 0. The van der Waals surface area contributed by atoms with Gasteiger partial charge >= 0.3 is 0 Å². The van der Waals surface area contributed by atoms with Gasteiger partial charge in [-0.1, -0.05) is 11.6 Å². The highest BCUT2D eigenvalue weighted by Gasteiger charge is 2.00. The van der Waals surface area contributed by atoms with E-state index in [1.54, 1.807) is 0 Å². The highest BCUT2D eigenvalue weighted by atomic mass is 35.5. The summed E-state index contributed by atoms with van der Waals surface area (Å²) in [4.78, 5) is 4.30. The lowest BCUT2D eigenvalue weighted by Crippen LogP contribution is -2.02. The molecule has 0 atom stereocenters. The predicted molar refractivity (Wildman–Crippen MR) is 36.2 cm³/mol. The summed E-state index contributed by atoms with van der Waals surface area (Å²) in [7, 11) is 0. The molecule has 0 aliphatic carbocycles. The van der Waals surface area contributed by atoms with E-state index in [0.29, 0.717) is 0 Å². The normalized spacial score (nSPS) is 9.50. The summed E-state index contributed by atoms with van der Waals surface area (Å²) >= 11 is 5.48. The molecule has 0 aliphatic rings. The lowest BCUT2D eigenvalue weighted by atomic mass is 10.3. The van der Waals surface area contributed by atoms with Crippen LogP contribution < -0.4 is 10.7 Å². The van der Waals surface area contributed by atoms with Gasteiger partial charge in [0.1, 0.15) is 5.82 Å². The molecule has 0 unspecified atom stereocenters. The third kappa shape index (κ3) is 1.37. The average Bonchev–Trinajstić information content (AvgIpc) is 1.88. The van der Waals surface area contributed by atoms with Crippen LogP contribution in [0.5, 0.6) is 5.75 Å². The molecule has 4 heteroatoms. The van der Waals surface area contributed by atoms with Crippen molar-refractivity contribution in [1.29, 1.82) is 0 Å². The number of hydrogen-bond donors (Lipinski definition) is 1. The Morgan fingerprint density at radius 2 is 2.20 bits per heavy atom. The van der Waals surface area contributed by atoms with Crippen molar-refractivity contribution >= 4 is 11.6 Å². The Kier molecular flexibility index (Phi) is 2.09. The molecule has 0 heterocycles. The van der Waals surface area contributed by atoms with Crippen LogP contribution in [-0.2, 0) is 0 Å². The minimum absolute atomic E-state index is 0.169. The molecular weight excluding hydrogens is 157 g/mol. The maximum Gasteiger partial charge on any atom is 0.165 e. The third-order valence-electron chi connectivity index (χ3n) is 1.02. The van der Waals surface area contributed by atoms with Crippen molar-refractivity contribution in [2.24, 2.45) is 5.90 Å². The first-order chi connectivity index (χ1) is 4.74. The molecule has 0 amide bonds. The summed E-state index contributed by atoms with van der Waals surface area (Å²) in [6.45, 7) is 0. The Balaban J connectivity index is 3.07. The maximum absolute atomic E-state index is 12.3. The molecule has 0 saturated carbocycles. The molecule has 2 N–H and O–H groups in total. The van der Waals surface area contributed by atoms with Gasteiger partial charge in [-0.25, -0.2) is 4.39 Å². The average molecular weight is 162 g/mol. The molecule has 0 bridgehead atoms. The van der Waals surface area contributed by atoms with Crippen LogP contribution in [0.2, 0.25) is 5.02 Å². The fourth-order valence-corrected chi connectivity index (χ4v) is 0.783. The van der Waals surface area contributed by atoms with Crippen molar-refractivity contribution in [1.82, 2.24) is 0 Å². The summed E-state index contributed by atoms with van der Waals surface area (Å²) in [5, 5.41) is 0.169. The molecule has 0 spiro atoms. The zero-order chi connectivity index (χ0) is 7.56. The minimum Gasteiger partial charge on any atom is -0.410 e. The number of rotatable bonds is 1. The first-order valence-corrected chi connectivity index (χ1v) is 2.93. The molecule has 1 rings (SSSR count). The molecular formula is C6H5ClFNO. The number of nitrogens with two attached hydrogens (primary N) is 1. The highest BCUT2D eigenvalue weighted by molar-refractivity contribution is 6.32. The van der Waals surface area contributed by atoms with Crippen molar-refractivity contribution in [3.63, 3.8) is 0 Å². The van der Waals surface area contributed by atoms with E-state index in [2.05, 4.69) is 4.84 Å². The summed E-state index contributed by atoms with van der Waals surface area (Å²) in [5.74, 6) is 4.65. The van der Waals surface area contributed by atoms with E-state index < -0.39 is 5.82 Å². The summed E-state index contributed by atoms with van der Waals surface area (Å²) < 4.78 is 12.3. The van der Waals surface area contributed by atoms with E-state index in [-0.39, 0.29) is 10.8 Å². The quantitative estimate of drug-likeness (QED) is 0.637. The zero-order valence-electron chi connectivity index (χ0n) is 4.97. The first-order valence-electron chi connectivity index (χ1n) is 2.56. The molecule has 0 saturated heterocycles. The highest BCUT2D eigenvalue weighted by Crippen LogP contribution is 2.23.